The summed E-state index contributed by atoms with van der Waals surface area (Å²) in [7, 11) is 0. The summed E-state index contributed by atoms with van der Waals surface area (Å²) in [6.07, 6.45) is 1.45. The Morgan fingerprint density at radius 3 is 2.73 bits per heavy atom. The van der Waals surface area contributed by atoms with Gasteiger partial charge in [0, 0.05) is 36.9 Å². The van der Waals surface area contributed by atoms with Crippen molar-refractivity contribution in [2.45, 2.75) is 13.5 Å². The van der Waals surface area contributed by atoms with Crippen LogP contribution in [-0.2, 0) is 11.3 Å². The van der Waals surface area contributed by atoms with Gasteiger partial charge in [-0.25, -0.2) is 4.68 Å². The Morgan fingerprint density at radius 2 is 2.05 bits per heavy atom. The molecular weight excluding hydrogens is 304 g/mol. The maximum atomic E-state index is 12.2. The number of aryl methyl sites for hydroxylation is 1. The lowest BCUT2D eigenvalue weighted by Gasteiger charge is -2.36. The van der Waals surface area contributed by atoms with Crippen LogP contribution in [0.4, 0.5) is 5.69 Å². The lowest BCUT2D eigenvalue weighted by atomic mass is 10.1. The third-order valence-corrected chi connectivity index (χ3v) is 4.07. The van der Waals surface area contributed by atoms with Crippen molar-refractivity contribution >= 4 is 23.2 Å². The molecule has 0 aliphatic carbocycles. The van der Waals surface area contributed by atoms with Gasteiger partial charge in [0.2, 0.25) is 5.91 Å². The van der Waals surface area contributed by atoms with Crippen molar-refractivity contribution in [1.29, 1.82) is 0 Å². The Kier molecular flexibility index (Phi) is 4.24. The maximum absolute atomic E-state index is 12.2. The van der Waals surface area contributed by atoms with Crippen molar-refractivity contribution in [3.63, 3.8) is 0 Å². The molecule has 1 fully saturated rings. The van der Waals surface area contributed by atoms with E-state index in [0.29, 0.717) is 13.1 Å². The Bertz CT molecular complexity index is 651. The first-order valence-electron chi connectivity index (χ1n) is 7.13. The standard InChI is InChI=1S/C14H17ClN6O/c1-11-2-3-12(15)8-13(11)19-4-6-20(7-5-19)14(22)9-21-10-16-17-18-21/h2-3,8,10H,4-7,9H2,1H3. The normalized spacial score (nSPS) is 15.2. The molecule has 0 spiro atoms. The van der Waals surface area contributed by atoms with E-state index < -0.39 is 0 Å². The van der Waals surface area contributed by atoms with Gasteiger partial charge in [-0.05, 0) is 35.0 Å². The van der Waals surface area contributed by atoms with Crippen LogP contribution < -0.4 is 4.90 Å². The van der Waals surface area contributed by atoms with Crippen LogP contribution in [0.5, 0.6) is 0 Å². The lowest BCUT2D eigenvalue weighted by molar-refractivity contribution is -0.132. The molecule has 7 nitrogen and oxygen atoms in total. The zero-order chi connectivity index (χ0) is 15.5. The smallest absolute Gasteiger partial charge is 0.244 e. The molecule has 0 N–H and O–H groups in total. The highest BCUT2D eigenvalue weighted by molar-refractivity contribution is 6.30. The average Bonchev–Trinajstić information content (AvgIpc) is 3.03. The predicted octanol–water partition coefficient (Wildman–Crippen LogP) is 0.984. The van der Waals surface area contributed by atoms with Crippen molar-refractivity contribution in [2.75, 3.05) is 31.1 Å². The number of tetrazole rings is 1. The number of carbonyl (C=O) groups excluding carboxylic acids is 1. The summed E-state index contributed by atoms with van der Waals surface area (Å²) >= 11 is 6.08. The fourth-order valence-corrected chi connectivity index (χ4v) is 2.78. The molecule has 0 unspecified atom stereocenters. The number of carbonyl (C=O) groups is 1. The SMILES string of the molecule is Cc1ccc(Cl)cc1N1CCN(C(=O)Cn2cnnn2)CC1. The lowest BCUT2D eigenvalue weighted by Crippen LogP contribution is -2.49. The second-order valence-corrected chi connectivity index (χ2v) is 5.74. The van der Waals surface area contributed by atoms with Gasteiger partial charge >= 0.3 is 0 Å². The fourth-order valence-electron chi connectivity index (χ4n) is 2.61. The van der Waals surface area contributed by atoms with E-state index in [2.05, 4.69) is 27.3 Å². The van der Waals surface area contributed by atoms with Gasteiger partial charge in [0.15, 0.2) is 0 Å². The van der Waals surface area contributed by atoms with Crippen LogP contribution in [0, 0.1) is 6.92 Å². The quantitative estimate of drug-likeness (QED) is 0.843. The molecule has 1 aromatic heterocycles. The molecule has 22 heavy (non-hydrogen) atoms. The van der Waals surface area contributed by atoms with Crippen molar-refractivity contribution < 1.29 is 4.79 Å². The van der Waals surface area contributed by atoms with Crippen molar-refractivity contribution in [2.24, 2.45) is 0 Å². The summed E-state index contributed by atoms with van der Waals surface area (Å²) in [6.45, 7) is 5.22. The Morgan fingerprint density at radius 1 is 1.27 bits per heavy atom. The molecule has 8 heteroatoms. The minimum absolute atomic E-state index is 0.0368. The largest absolute Gasteiger partial charge is 0.368 e. The van der Waals surface area contributed by atoms with E-state index in [9.17, 15) is 4.79 Å². The number of hydrogen-bond donors (Lipinski definition) is 0. The molecular formula is C14H17ClN6O. The van der Waals surface area contributed by atoms with E-state index >= 15 is 0 Å². The highest BCUT2D eigenvalue weighted by atomic mass is 35.5. The van der Waals surface area contributed by atoms with E-state index in [1.54, 1.807) is 0 Å². The van der Waals surface area contributed by atoms with Gasteiger partial charge in [0.25, 0.3) is 0 Å². The van der Waals surface area contributed by atoms with Crippen LogP contribution in [0.1, 0.15) is 5.56 Å². The maximum Gasteiger partial charge on any atom is 0.244 e. The highest BCUT2D eigenvalue weighted by Gasteiger charge is 2.22. The summed E-state index contributed by atoms with van der Waals surface area (Å²) in [5.41, 5.74) is 2.33. The van der Waals surface area contributed by atoms with E-state index in [-0.39, 0.29) is 12.5 Å². The van der Waals surface area contributed by atoms with Gasteiger partial charge in [-0.3, -0.25) is 4.79 Å². The number of aromatic nitrogens is 4. The van der Waals surface area contributed by atoms with Gasteiger partial charge in [-0.2, -0.15) is 0 Å². The van der Waals surface area contributed by atoms with Crippen molar-refractivity contribution in [1.82, 2.24) is 25.1 Å². The fraction of sp³-hybridized carbons (Fsp3) is 0.429. The van der Waals surface area contributed by atoms with Crippen LogP contribution in [0.15, 0.2) is 24.5 Å². The first kappa shape index (κ1) is 14.8. The van der Waals surface area contributed by atoms with Crippen LogP contribution >= 0.6 is 11.6 Å². The molecule has 0 radical (unpaired) electrons. The summed E-state index contributed by atoms with van der Waals surface area (Å²) in [4.78, 5) is 16.3. The van der Waals surface area contributed by atoms with Gasteiger partial charge in [0.1, 0.15) is 12.9 Å². The second kappa shape index (κ2) is 6.31. The summed E-state index contributed by atoms with van der Waals surface area (Å²) in [5, 5.41) is 11.5. The van der Waals surface area contributed by atoms with Crippen LogP contribution in [0.3, 0.4) is 0 Å². The molecule has 116 valence electrons. The molecule has 0 atom stereocenters. The summed E-state index contributed by atoms with van der Waals surface area (Å²) in [5.74, 6) is 0.0368. The molecule has 0 saturated carbocycles. The zero-order valence-electron chi connectivity index (χ0n) is 12.3. The van der Waals surface area contributed by atoms with Gasteiger partial charge < -0.3 is 9.80 Å². The van der Waals surface area contributed by atoms with Gasteiger partial charge in [-0.15, -0.1) is 5.10 Å². The summed E-state index contributed by atoms with van der Waals surface area (Å²) in [6, 6.07) is 5.90. The summed E-state index contributed by atoms with van der Waals surface area (Å²) < 4.78 is 1.44. The molecule has 0 bridgehead atoms. The Balaban J connectivity index is 1.60. The molecule has 1 aromatic carbocycles. The molecule has 2 heterocycles. The Hall–Kier alpha value is -2.15. The number of amides is 1. The minimum atomic E-state index is 0.0368. The zero-order valence-corrected chi connectivity index (χ0v) is 13.1. The van der Waals surface area contributed by atoms with E-state index in [0.717, 1.165) is 23.8 Å². The van der Waals surface area contributed by atoms with Crippen molar-refractivity contribution in [3.05, 3.63) is 35.1 Å². The number of nitrogens with zero attached hydrogens (tertiary/aromatic N) is 6. The average molecular weight is 321 g/mol. The molecule has 1 aliphatic rings. The number of piperazine rings is 1. The number of hydrogen-bond acceptors (Lipinski definition) is 5. The third-order valence-electron chi connectivity index (χ3n) is 3.83. The van der Waals surface area contributed by atoms with Gasteiger partial charge in [0.05, 0.1) is 0 Å². The molecule has 1 saturated heterocycles. The second-order valence-electron chi connectivity index (χ2n) is 5.31. The monoisotopic (exact) mass is 320 g/mol. The third kappa shape index (κ3) is 3.19. The number of anilines is 1. The number of rotatable bonds is 3. The molecule has 1 aliphatic heterocycles. The van der Waals surface area contributed by atoms with Crippen LogP contribution in [0.2, 0.25) is 5.02 Å². The first-order chi connectivity index (χ1) is 10.6. The number of benzene rings is 1. The number of halogens is 1. The van der Waals surface area contributed by atoms with Gasteiger partial charge in [-0.1, -0.05) is 17.7 Å². The highest BCUT2D eigenvalue weighted by Crippen LogP contribution is 2.25. The van der Waals surface area contributed by atoms with Crippen LogP contribution in [-0.4, -0.2) is 57.2 Å². The predicted molar refractivity (Wildman–Crippen MR) is 82.8 cm³/mol. The van der Waals surface area contributed by atoms with Crippen molar-refractivity contribution in [3.8, 4) is 0 Å². The molecule has 1 amide bonds. The van der Waals surface area contributed by atoms with Crippen LogP contribution in [0.25, 0.3) is 0 Å². The first-order valence-corrected chi connectivity index (χ1v) is 7.51. The van der Waals surface area contributed by atoms with E-state index in [1.807, 2.05) is 23.1 Å². The minimum Gasteiger partial charge on any atom is -0.368 e. The van der Waals surface area contributed by atoms with E-state index in [1.165, 1.54) is 16.6 Å². The molecule has 3 rings (SSSR count). The topological polar surface area (TPSA) is 67.2 Å². The Labute approximate surface area is 133 Å². The molecule has 2 aromatic rings. The van der Waals surface area contributed by atoms with E-state index in [4.69, 9.17) is 11.6 Å².